The number of methoxy groups -OCH3 is 2. The molecule has 2 fully saturated rings. The molecule has 1 atom stereocenters. The predicted octanol–water partition coefficient (Wildman–Crippen LogP) is 15.1. The fourth-order valence-corrected chi connectivity index (χ4v) is 12.8. The first-order chi connectivity index (χ1) is 56.0. The fourth-order valence-electron chi connectivity index (χ4n) is 12.8. The molecule has 0 radical (unpaired) electrons. The standard InChI is InChI=1S/C27H22N6O2.C23H18N6O.C16H12N2O.C14H14N2.C12H10N2/c1-33-17-29-16-21(33)6-10-24-23-9-5-20(15-25(23)32-31-24)27(34)30-26(19-11-13-28-14-12-19)18-3-7-22(35-2)8-4-18;1-29-14-24-13-18(29)7-9-21-19-8-6-16(11-22(19)28-27-21)23(30)25-12-17-10-15-4-2-3-5-20(15)26-17;1-19-13-9-6-12(7-10-13)8-11-16-14-4-2-3-5-15(14)17-18-16;1-2-6-11(5-1)9-10-14-12-7-3-4-8-13(12)15-16-14;1-2-4-11-10(3-1)12(14-13-11)8-7-9-5-6-9/h3-5,7-9,11-17,26H,1-2H3,(H,30,34)(H,31,32);2-6,8,10-11,13-14,26H,12H2,1H3,(H,25,30)(H,27,28);2-7,9-10H,1H3,(H,17,18);3-4,7-8,11H,1-2,5-6H2,(H,15,16);1-4,9H,5-6H2,(H,13,14). The van der Waals surface area contributed by atoms with Gasteiger partial charge in [0.25, 0.3) is 11.8 Å². The molecule has 17 aromatic rings. The Balaban J connectivity index is 0.000000117. The van der Waals surface area contributed by atoms with Crippen molar-refractivity contribution >= 4 is 77.2 Å². The van der Waals surface area contributed by atoms with Gasteiger partial charge >= 0.3 is 0 Å². The Morgan fingerprint density at radius 1 is 0.447 bits per heavy atom. The van der Waals surface area contributed by atoms with Crippen molar-refractivity contribution in [2.24, 2.45) is 25.9 Å². The Labute approximate surface area is 656 Å². The Bertz CT molecular complexity index is 6570. The second-order valence-corrected chi connectivity index (χ2v) is 27.1. The van der Waals surface area contributed by atoms with Crippen molar-refractivity contribution in [3.05, 3.63) is 311 Å². The highest BCUT2D eigenvalue weighted by Gasteiger charge is 2.21. The maximum atomic E-state index is 13.3. The van der Waals surface area contributed by atoms with Gasteiger partial charge in [0.1, 0.15) is 51.4 Å². The van der Waals surface area contributed by atoms with Crippen LogP contribution in [0.5, 0.6) is 11.5 Å². The average molecular weight is 1500 g/mol. The second-order valence-electron chi connectivity index (χ2n) is 27.1. The number of ether oxygens (including phenoxy) is 2. The number of para-hydroxylation sites is 4. The number of hydrogen-bond donors (Lipinski definition) is 8. The van der Waals surface area contributed by atoms with Crippen molar-refractivity contribution in [2.45, 2.75) is 51.1 Å². The molecule has 2 aliphatic rings. The molecule has 0 spiro atoms. The number of imidazole rings is 2. The van der Waals surface area contributed by atoms with E-state index in [0.29, 0.717) is 51.9 Å². The molecule has 2 amide bonds. The zero-order valence-corrected chi connectivity index (χ0v) is 62.8. The molecule has 0 saturated heterocycles. The molecule has 8 N–H and O–H groups in total. The molecule has 9 aromatic heterocycles. The lowest BCUT2D eigenvalue weighted by atomic mass is 9.99. The highest BCUT2D eigenvalue weighted by Crippen LogP contribution is 2.30. The molecule has 1 unspecified atom stereocenters. The van der Waals surface area contributed by atoms with Gasteiger partial charge in [0.05, 0.1) is 79.4 Å². The quantitative estimate of drug-likeness (QED) is 0.0626. The third-order valence-corrected chi connectivity index (χ3v) is 19.2. The summed E-state index contributed by atoms with van der Waals surface area (Å²) >= 11 is 0. The van der Waals surface area contributed by atoms with Gasteiger partial charge in [-0.2, -0.15) is 25.5 Å². The van der Waals surface area contributed by atoms with Crippen LogP contribution in [-0.4, -0.2) is 106 Å². The zero-order chi connectivity index (χ0) is 78.0. The number of pyridine rings is 1. The van der Waals surface area contributed by atoms with Gasteiger partial charge < -0.3 is 34.2 Å². The van der Waals surface area contributed by atoms with Crippen LogP contribution in [0.2, 0.25) is 0 Å². The minimum absolute atomic E-state index is 0.152. The van der Waals surface area contributed by atoms with E-state index >= 15 is 0 Å². The number of aromatic nitrogens is 16. The van der Waals surface area contributed by atoms with Crippen LogP contribution in [0.25, 0.3) is 65.4 Å². The first-order valence-electron chi connectivity index (χ1n) is 37.1. The average Bonchev–Trinajstić information content (AvgIpc) is 1.62. The molecule has 2 saturated carbocycles. The molecule has 22 heteroatoms. The minimum Gasteiger partial charge on any atom is -0.497 e. The number of carbonyl (C=O) groups excluding carboxylic acids is 2. The maximum absolute atomic E-state index is 13.3. The van der Waals surface area contributed by atoms with Crippen molar-refractivity contribution in [2.75, 3.05) is 14.2 Å². The number of aromatic amines is 6. The number of fused-ring (bicyclic) bond motifs is 6. The van der Waals surface area contributed by atoms with Gasteiger partial charge in [-0.3, -0.25) is 40.1 Å². The van der Waals surface area contributed by atoms with E-state index in [-0.39, 0.29) is 17.9 Å². The molecule has 114 heavy (non-hydrogen) atoms. The first-order valence-corrected chi connectivity index (χ1v) is 37.1. The number of benzene rings is 8. The number of hydrogen-bond acceptors (Lipinski definition) is 12. The smallest absolute Gasteiger partial charge is 0.252 e. The third-order valence-electron chi connectivity index (χ3n) is 19.2. The summed E-state index contributed by atoms with van der Waals surface area (Å²) in [5.41, 5.74) is 15.9. The fraction of sp³-hybridized carbons (Fsp3) is 0.152. The maximum Gasteiger partial charge on any atom is 0.252 e. The molecule has 22 nitrogen and oxygen atoms in total. The van der Waals surface area contributed by atoms with Crippen molar-refractivity contribution in [1.82, 2.24) is 90.7 Å². The number of aryl methyl sites for hydroxylation is 2. The summed E-state index contributed by atoms with van der Waals surface area (Å²) in [6.07, 6.45) is 18.0. The van der Waals surface area contributed by atoms with E-state index in [1.807, 2.05) is 187 Å². The first kappa shape index (κ1) is 74.0. The number of nitrogens with one attached hydrogen (secondary N) is 8. The monoisotopic (exact) mass is 1500 g/mol. The summed E-state index contributed by atoms with van der Waals surface area (Å²) in [6, 6.07) is 63.7. The van der Waals surface area contributed by atoms with Crippen molar-refractivity contribution in [3.8, 4) is 70.7 Å². The summed E-state index contributed by atoms with van der Waals surface area (Å²) in [6.45, 7) is 0.424. The molecule has 0 bridgehead atoms. The van der Waals surface area contributed by atoms with Crippen LogP contribution < -0.4 is 20.1 Å². The van der Waals surface area contributed by atoms with Gasteiger partial charge in [-0.25, -0.2) is 9.97 Å². The third kappa shape index (κ3) is 18.3. The number of nitrogens with zero attached hydrogens (tertiary/aromatic N) is 10. The van der Waals surface area contributed by atoms with Gasteiger partial charge in [-0.15, -0.1) is 0 Å². The lowest BCUT2D eigenvalue weighted by molar-refractivity contribution is 0.0938. The van der Waals surface area contributed by atoms with E-state index in [9.17, 15) is 9.59 Å². The van der Waals surface area contributed by atoms with E-state index in [2.05, 4.69) is 153 Å². The molecule has 0 aliphatic heterocycles. The Kier molecular flexibility index (Phi) is 22.9. The van der Waals surface area contributed by atoms with Crippen LogP contribution in [0.3, 0.4) is 0 Å². The van der Waals surface area contributed by atoms with Crippen LogP contribution in [0, 0.1) is 71.0 Å². The number of amides is 2. The summed E-state index contributed by atoms with van der Waals surface area (Å²) in [4.78, 5) is 41.4. The second kappa shape index (κ2) is 35.3. The Hall–Kier alpha value is -15.4. The largest absolute Gasteiger partial charge is 0.497 e. The highest BCUT2D eigenvalue weighted by atomic mass is 16.5. The lowest BCUT2D eigenvalue weighted by Gasteiger charge is -2.20. The summed E-state index contributed by atoms with van der Waals surface area (Å²) in [5.74, 6) is 34.0. The summed E-state index contributed by atoms with van der Waals surface area (Å²) < 4.78 is 14.1. The molecule has 9 heterocycles. The van der Waals surface area contributed by atoms with Gasteiger partial charge in [0.2, 0.25) is 0 Å². The lowest BCUT2D eigenvalue weighted by Crippen LogP contribution is -2.29. The normalized spacial score (nSPS) is 12.2. The van der Waals surface area contributed by atoms with Crippen LogP contribution in [0.15, 0.2) is 238 Å². The van der Waals surface area contributed by atoms with E-state index in [0.717, 1.165) is 117 Å². The number of H-pyrrole nitrogens is 6. The molecule has 2 aliphatic carbocycles. The Morgan fingerprint density at radius 2 is 0.886 bits per heavy atom. The van der Waals surface area contributed by atoms with E-state index < -0.39 is 0 Å². The molecule has 8 aromatic carbocycles. The van der Waals surface area contributed by atoms with Crippen LogP contribution >= 0.6 is 0 Å². The summed E-state index contributed by atoms with van der Waals surface area (Å²) in [7, 11) is 7.05. The van der Waals surface area contributed by atoms with E-state index in [4.69, 9.17) is 9.47 Å². The van der Waals surface area contributed by atoms with Gasteiger partial charge in [-0.05, 0) is 217 Å². The van der Waals surface area contributed by atoms with Crippen molar-refractivity contribution in [3.63, 3.8) is 0 Å². The molecular weight excluding hydrogens is 1420 g/mol. The summed E-state index contributed by atoms with van der Waals surface area (Å²) in [5, 5.41) is 48.4. The Morgan fingerprint density at radius 3 is 1.38 bits per heavy atom. The van der Waals surface area contributed by atoms with Gasteiger partial charge in [-0.1, -0.05) is 97.3 Å². The highest BCUT2D eigenvalue weighted by molar-refractivity contribution is 6.00. The van der Waals surface area contributed by atoms with Gasteiger partial charge in [0, 0.05) is 93.2 Å². The number of carbonyl (C=O) groups is 2. The van der Waals surface area contributed by atoms with E-state index in [1.54, 1.807) is 75.9 Å². The molecular formula is C92H76N18O4. The minimum atomic E-state index is -0.355. The number of rotatable bonds is 9. The van der Waals surface area contributed by atoms with Crippen LogP contribution in [-0.2, 0) is 20.6 Å². The zero-order valence-electron chi connectivity index (χ0n) is 62.8. The SMILES string of the molecule is C(#CC1CC1)c1[nH]nc2ccccc12.C(#CC1CCCC1)c1[nH]nc2ccccc12.COc1ccc(C#Cc2[nH]nc3ccccc23)cc1.COc1ccc(C(NC(=O)c2ccc3c(C#Cc4cncn4C)[nH]nc3c2)c2ccncc2)cc1.Cn1cncc1C#Cc1[nH]nc2cc(C(=O)NCc3cc4ccccc4[nH]3)ccc12. The molecule has 19 rings (SSSR count). The van der Waals surface area contributed by atoms with Gasteiger partial charge in [0.15, 0.2) is 0 Å². The predicted molar refractivity (Wildman–Crippen MR) is 442 cm³/mol. The molecule has 558 valence electrons. The topological polar surface area (TPSA) is 284 Å². The van der Waals surface area contributed by atoms with Crippen LogP contribution in [0.4, 0.5) is 0 Å². The van der Waals surface area contributed by atoms with Crippen LogP contribution in [0.1, 0.15) is 128 Å². The van der Waals surface area contributed by atoms with Crippen molar-refractivity contribution in [1.29, 1.82) is 0 Å². The van der Waals surface area contributed by atoms with E-state index in [1.165, 1.54) is 38.5 Å². The van der Waals surface area contributed by atoms with Crippen molar-refractivity contribution < 1.29 is 19.1 Å².